The van der Waals surface area contributed by atoms with Crippen LogP contribution in [0, 0.1) is 0 Å². The van der Waals surface area contributed by atoms with E-state index >= 15 is 0 Å². The first kappa shape index (κ1) is 17.0. The van der Waals surface area contributed by atoms with Gasteiger partial charge < -0.3 is 4.42 Å². The number of alkyl halides is 3. The SMILES string of the molecule is C/C(=C\c1ccccc1)c1nc(Cc2ccccc2)c(C(F)(F)F)o1. The molecule has 0 saturated carbocycles. The van der Waals surface area contributed by atoms with Gasteiger partial charge in [0.2, 0.25) is 11.7 Å². The van der Waals surface area contributed by atoms with Gasteiger partial charge in [0.1, 0.15) is 0 Å². The van der Waals surface area contributed by atoms with Crippen molar-refractivity contribution in [3.63, 3.8) is 0 Å². The minimum Gasteiger partial charge on any atom is -0.432 e. The lowest BCUT2D eigenvalue weighted by Crippen LogP contribution is -2.07. The lowest BCUT2D eigenvalue weighted by atomic mass is 10.1. The average Bonchev–Trinajstić information content (AvgIpc) is 3.01. The molecule has 2 aromatic carbocycles. The summed E-state index contributed by atoms with van der Waals surface area (Å²) in [6, 6.07) is 18.2. The Balaban J connectivity index is 1.97. The van der Waals surface area contributed by atoms with Crippen molar-refractivity contribution in [1.82, 2.24) is 4.98 Å². The standard InChI is InChI=1S/C20H16F3NO/c1-14(12-15-8-4-2-5-9-15)19-24-17(18(25-19)20(21,22)23)13-16-10-6-3-7-11-16/h2-12H,13H2,1H3/b14-12+. The zero-order valence-corrected chi connectivity index (χ0v) is 13.5. The quantitative estimate of drug-likeness (QED) is 0.594. The second kappa shape index (κ2) is 6.97. The molecule has 1 aromatic heterocycles. The molecule has 3 rings (SSSR count). The van der Waals surface area contributed by atoms with Gasteiger partial charge in [0.15, 0.2) is 0 Å². The fourth-order valence-electron chi connectivity index (χ4n) is 2.51. The summed E-state index contributed by atoms with van der Waals surface area (Å²) in [4.78, 5) is 4.11. The van der Waals surface area contributed by atoms with E-state index in [0.717, 1.165) is 11.1 Å². The van der Waals surface area contributed by atoms with E-state index in [-0.39, 0.29) is 18.0 Å². The van der Waals surface area contributed by atoms with Gasteiger partial charge in [0.05, 0.1) is 5.69 Å². The first-order valence-corrected chi connectivity index (χ1v) is 7.78. The normalized spacial score (nSPS) is 12.4. The van der Waals surface area contributed by atoms with Gasteiger partial charge in [-0.25, -0.2) is 4.98 Å². The molecule has 0 atom stereocenters. The summed E-state index contributed by atoms with van der Waals surface area (Å²) < 4.78 is 45.0. The summed E-state index contributed by atoms with van der Waals surface area (Å²) in [7, 11) is 0. The van der Waals surface area contributed by atoms with Crippen molar-refractivity contribution in [1.29, 1.82) is 0 Å². The highest BCUT2D eigenvalue weighted by Gasteiger charge is 2.39. The minimum atomic E-state index is -4.58. The Morgan fingerprint density at radius 2 is 1.60 bits per heavy atom. The van der Waals surface area contributed by atoms with Crippen LogP contribution in [0.4, 0.5) is 13.2 Å². The first-order valence-electron chi connectivity index (χ1n) is 7.78. The number of halogens is 3. The van der Waals surface area contributed by atoms with Crippen LogP contribution in [0.2, 0.25) is 0 Å². The smallest absolute Gasteiger partial charge is 0.432 e. The second-order valence-corrected chi connectivity index (χ2v) is 5.69. The number of hydrogen-bond acceptors (Lipinski definition) is 2. The van der Waals surface area contributed by atoms with Crippen LogP contribution in [0.15, 0.2) is 65.1 Å². The highest BCUT2D eigenvalue weighted by Crippen LogP contribution is 2.35. The van der Waals surface area contributed by atoms with Crippen LogP contribution in [0.3, 0.4) is 0 Å². The van der Waals surface area contributed by atoms with Crippen molar-refractivity contribution in [2.45, 2.75) is 19.5 Å². The Bertz CT molecular complexity index is 865. The van der Waals surface area contributed by atoms with Crippen molar-refractivity contribution < 1.29 is 17.6 Å². The third-order valence-corrected chi connectivity index (χ3v) is 3.69. The van der Waals surface area contributed by atoms with E-state index < -0.39 is 11.9 Å². The van der Waals surface area contributed by atoms with Gasteiger partial charge in [-0.3, -0.25) is 0 Å². The second-order valence-electron chi connectivity index (χ2n) is 5.69. The van der Waals surface area contributed by atoms with Crippen molar-refractivity contribution in [2.75, 3.05) is 0 Å². The summed E-state index contributed by atoms with van der Waals surface area (Å²) in [5, 5.41) is 0. The van der Waals surface area contributed by atoms with E-state index in [1.165, 1.54) is 0 Å². The van der Waals surface area contributed by atoms with E-state index in [2.05, 4.69) is 4.98 Å². The summed E-state index contributed by atoms with van der Waals surface area (Å²) in [6.07, 6.45) is -2.77. The first-order chi connectivity index (χ1) is 11.9. The maximum absolute atomic E-state index is 13.3. The highest BCUT2D eigenvalue weighted by atomic mass is 19.4. The molecule has 0 unspecified atom stereocenters. The summed E-state index contributed by atoms with van der Waals surface area (Å²) in [6.45, 7) is 1.69. The average molecular weight is 343 g/mol. The number of nitrogens with zero attached hydrogens (tertiary/aromatic N) is 1. The zero-order chi connectivity index (χ0) is 17.9. The number of allylic oxidation sites excluding steroid dienone is 1. The molecular weight excluding hydrogens is 327 g/mol. The molecule has 128 valence electrons. The molecule has 1 heterocycles. The van der Waals surface area contributed by atoms with Crippen LogP contribution in [0.25, 0.3) is 11.6 Å². The maximum atomic E-state index is 13.3. The fraction of sp³-hybridized carbons (Fsp3) is 0.150. The number of rotatable bonds is 4. The van der Waals surface area contributed by atoms with Crippen molar-refractivity contribution >= 4 is 11.6 Å². The van der Waals surface area contributed by atoms with Gasteiger partial charge in [0, 0.05) is 12.0 Å². The van der Waals surface area contributed by atoms with Crippen LogP contribution in [-0.4, -0.2) is 4.98 Å². The highest BCUT2D eigenvalue weighted by molar-refractivity contribution is 5.76. The molecular formula is C20H16F3NO. The Morgan fingerprint density at radius 3 is 2.20 bits per heavy atom. The van der Waals surface area contributed by atoms with E-state index in [4.69, 9.17) is 4.42 Å². The Hall–Kier alpha value is -2.82. The third kappa shape index (κ3) is 4.18. The topological polar surface area (TPSA) is 26.0 Å². The molecule has 0 radical (unpaired) electrons. The molecule has 0 N–H and O–H groups in total. The fourth-order valence-corrected chi connectivity index (χ4v) is 2.51. The summed E-state index contributed by atoms with van der Waals surface area (Å²) in [5.41, 5.74) is 2.06. The monoisotopic (exact) mass is 343 g/mol. The number of oxazole rings is 1. The molecule has 0 fully saturated rings. The van der Waals surface area contributed by atoms with Gasteiger partial charge in [-0.15, -0.1) is 0 Å². The van der Waals surface area contributed by atoms with Gasteiger partial charge in [-0.05, 0) is 24.1 Å². The van der Waals surface area contributed by atoms with Crippen molar-refractivity contribution in [2.24, 2.45) is 0 Å². The van der Waals surface area contributed by atoms with Crippen LogP contribution in [0.1, 0.15) is 35.4 Å². The molecule has 3 aromatic rings. The van der Waals surface area contributed by atoms with Crippen LogP contribution in [-0.2, 0) is 12.6 Å². The lowest BCUT2D eigenvalue weighted by molar-refractivity contribution is -0.153. The van der Waals surface area contributed by atoms with Gasteiger partial charge in [0.25, 0.3) is 0 Å². The Kier molecular flexibility index (Phi) is 4.74. The third-order valence-electron chi connectivity index (χ3n) is 3.69. The minimum absolute atomic E-state index is 0.0119. The van der Waals surface area contributed by atoms with E-state index in [1.807, 2.05) is 36.4 Å². The molecule has 0 aliphatic rings. The molecule has 0 bridgehead atoms. The number of aromatic nitrogens is 1. The number of benzene rings is 2. The van der Waals surface area contributed by atoms with E-state index in [1.54, 1.807) is 37.3 Å². The van der Waals surface area contributed by atoms with Crippen molar-refractivity contribution in [3.05, 3.63) is 89.1 Å². The summed E-state index contributed by atoms with van der Waals surface area (Å²) in [5.74, 6) is -1.05. The van der Waals surface area contributed by atoms with Gasteiger partial charge in [-0.2, -0.15) is 13.2 Å². The lowest BCUT2D eigenvalue weighted by Gasteiger charge is -2.04. The van der Waals surface area contributed by atoms with Crippen LogP contribution in [0.5, 0.6) is 0 Å². The molecule has 0 aliphatic carbocycles. The molecule has 5 heteroatoms. The Labute approximate surface area is 143 Å². The molecule has 25 heavy (non-hydrogen) atoms. The predicted molar refractivity (Wildman–Crippen MR) is 90.7 cm³/mol. The van der Waals surface area contributed by atoms with Crippen molar-refractivity contribution in [3.8, 4) is 0 Å². The predicted octanol–water partition coefficient (Wildman–Crippen LogP) is 5.84. The van der Waals surface area contributed by atoms with Crippen LogP contribution >= 0.6 is 0 Å². The molecule has 0 amide bonds. The number of hydrogen-bond donors (Lipinski definition) is 0. The molecule has 2 nitrogen and oxygen atoms in total. The molecule has 0 saturated heterocycles. The maximum Gasteiger partial charge on any atom is 0.451 e. The van der Waals surface area contributed by atoms with E-state index in [0.29, 0.717) is 5.57 Å². The molecule has 0 spiro atoms. The largest absolute Gasteiger partial charge is 0.451 e. The van der Waals surface area contributed by atoms with Crippen LogP contribution < -0.4 is 0 Å². The molecule has 0 aliphatic heterocycles. The summed E-state index contributed by atoms with van der Waals surface area (Å²) >= 11 is 0. The van der Waals surface area contributed by atoms with Gasteiger partial charge in [-0.1, -0.05) is 60.7 Å². The zero-order valence-electron chi connectivity index (χ0n) is 13.5. The van der Waals surface area contributed by atoms with E-state index in [9.17, 15) is 13.2 Å². The Morgan fingerprint density at radius 1 is 1.00 bits per heavy atom. The van der Waals surface area contributed by atoms with Gasteiger partial charge >= 0.3 is 6.18 Å².